The van der Waals surface area contributed by atoms with Crippen molar-refractivity contribution >= 4 is 63.8 Å². The Morgan fingerprint density at radius 2 is 1.76 bits per heavy atom. The van der Waals surface area contributed by atoms with Gasteiger partial charge >= 0.3 is 11.0 Å². The van der Waals surface area contributed by atoms with E-state index in [9.17, 15) is 32.3 Å². The highest BCUT2D eigenvalue weighted by Crippen LogP contribution is 2.69. The van der Waals surface area contributed by atoms with Gasteiger partial charge in [0, 0.05) is 32.3 Å². The number of aromatic amines is 1. The lowest BCUT2D eigenvalue weighted by molar-refractivity contribution is -0.137. The van der Waals surface area contributed by atoms with Crippen molar-refractivity contribution in [3.63, 3.8) is 0 Å². The Kier molecular flexibility index (Phi) is 7.72. The number of fused-ring (bicyclic) bond motifs is 9. The first-order chi connectivity index (χ1) is 23.4. The Hall–Kier alpha value is -4.07. The molecule has 4 aromatic rings. The molecule has 8 rings (SSSR count). The molecule has 0 radical (unpaired) electrons. The number of benzene rings is 3. The van der Waals surface area contributed by atoms with Crippen LogP contribution in [0.15, 0.2) is 76.6 Å². The number of imide groups is 1. The minimum Gasteiger partial charge on any atom is -0.483 e. The molecular weight excluding hydrogens is 699 g/mol. The van der Waals surface area contributed by atoms with Crippen molar-refractivity contribution in [1.82, 2.24) is 4.98 Å². The summed E-state index contributed by atoms with van der Waals surface area (Å²) in [4.78, 5) is 57.9. The molecule has 2 N–H and O–H groups in total. The Bertz CT molecular complexity index is 2080. The monoisotopic (exact) mass is 725 g/mol. The molecule has 1 saturated heterocycles. The number of rotatable bonds is 6. The van der Waals surface area contributed by atoms with E-state index in [0.717, 1.165) is 38.8 Å². The number of aromatic nitrogens is 1. The summed E-state index contributed by atoms with van der Waals surface area (Å²) in [7, 11) is 0. The van der Waals surface area contributed by atoms with Crippen LogP contribution in [0.3, 0.4) is 0 Å². The minimum absolute atomic E-state index is 0.0938. The number of carbonyl (C=O) groups excluding carboxylic acids is 3. The topological polar surface area (TPSA) is 109 Å². The minimum atomic E-state index is -4.64. The third-order valence-corrected chi connectivity index (χ3v) is 13.0. The largest absolute Gasteiger partial charge is 0.483 e. The second-order valence-electron chi connectivity index (χ2n) is 12.9. The van der Waals surface area contributed by atoms with E-state index in [1.54, 1.807) is 30.3 Å². The van der Waals surface area contributed by atoms with Crippen molar-refractivity contribution in [2.45, 2.75) is 35.7 Å². The molecule has 3 aromatic carbocycles. The van der Waals surface area contributed by atoms with Crippen molar-refractivity contribution in [3.8, 4) is 5.75 Å². The molecule has 2 saturated carbocycles. The highest BCUT2D eigenvalue weighted by atomic mass is 35.5. The van der Waals surface area contributed by atoms with E-state index in [0.29, 0.717) is 33.5 Å². The summed E-state index contributed by atoms with van der Waals surface area (Å²) in [5.41, 5.74) is 1.29. The first kappa shape index (κ1) is 32.2. The van der Waals surface area contributed by atoms with Gasteiger partial charge in [0.25, 0.3) is 5.91 Å². The molecule has 2 aliphatic heterocycles. The van der Waals surface area contributed by atoms with E-state index in [1.807, 2.05) is 19.1 Å². The molecule has 3 amide bonds. The SMILES string of the molecule is Cc1ccc(NC(=O)COc2ccc(Cl)cc2[C@@H]2c3sc(=O)[nH]c3S[C@@H]3[C@@H]4C[C@@H]([C@@H]5C(=O)N(c6cccc(C(F)(F)F)c6)C(=O)[C@@H]45)[C@H]23)cc1. The maximum Gasteiger partial charge on any atom is 0.416 e. The van der Waals surface area contributed by atoms with E-state index >= 15 is 0 Å². The van der Waals surface area contributed by atoms with Gasteiger partial charge in [-0.2, -0.15) is 13.2 Å². The summed E-state index contributed by atoms with van der Waals surface area (Å²) < 4.78 is 46.8. The number of alkyl halides is 3. The highest BCUT2D eigenvalue weighted by molar-refractivity contribution is 8.00. The van der Waals surface area contributed by atoms with E-state index < -0.39 is 41.3 Å². The first-order valence-electron chi connectivity index (χ1n) is 15.6. The normalized spacial score (nSPS) is 26.8. The number of H-pyrrole nitrogens is 1. The molecule has 7 atom stereocenters. The summed E-state index contributed by atoms with van der Waals surface area (Å²) in [5, 5.41) is 3.72. The number of amides is 3. The standard InChI is InChI=1S/C35H27ClF3N3O5S2/c1-15-5-8-18(9-6-15)40-24(43)14-47-23-10-7-17(36)12-20(23)25-26-21-13-22(29(26)48-31-30(25)49-34(46)41-31)28-27(21)32(44)42(33(28)45)19-4-2-3-16(11-19)35(37,38)39/h2-12,21-22,25-29H,13-14H2,1H3,(H,40,43)(H,41,46)/t21-,22-,25+,26-,27+,28+,29-/m1/s1. The second kappa shape index (κ2) is 11.8. The molecule has 252 valence electrons. The average molecular weight is 726 g/mol. The number of hydrogen-bond acceptors (Lipinski definition) is 7. The van der Waals surface area contributed by atoms with Crippen molar-refractivity contribution in [1.29, 1.82) is 0 Å². The molecule has 14 heteroatoms. The van der Waals surface area contributed by atoms with Crippen molar-refractivity contribution in [3.05, 3.63) is 103 Å². The number of anilines is 2. The smallest absolute Gasteiger partial charge is 0.416 e. The molecule has 4 aliphatic rings. The second-order valence-corrected chi connectivity index (χ2v) is 15.5. The molecule has 2 bridgehead atoms. The molecule has 2 aliphatic carbocycles. The summed E-state index contributed by atoms with van der Waals surface area (Å²) in [5.74, 6) is -3.62. The van der Waals surface area contributed by atoms with Crippen LogP contribution in [0.5, 0.6) is 5.75 Å². The van der Waals surface area contributed by atoms with Crippen LogP contribution >= 0.6 is 34.7 Å². The Morgan fingerprint density at radius 3 is 2.49 bits per heavy atom. The first-order valence-corrected chi connectivity index (χ1v) is 17.7. The van der Waals surface area contributed by atoms with E-state index in [4.69, 9.17) is 16.3 Å². The van der Waals surface area contributed by atoms with E-state index in [2.05, 4.69) is 10.3 Å². The quantitative estimate of drug-likeness (QED) is 0.205. The number of halogens is 4. The van der Waals surface area contributed by atoms with Crippen LogP contribution in [-0.2, 0) is 20.6 Å². The number of thiazole rings is 1. The lowest BCUT2D eigenvalue weighted by Gasteiger charge is -2.43. The summed E-state index contributed by atoms with van der Waals surface area (Å²) >= 11 is 9.09. The van der Waals surface area contributed by atoms with Crippen molar-refractivity contribution < 1.29 is 32.3 Å². The summed E-state index contributed by atoms with van der Waals surface area (Å²) in [6.07, 6.45) is -4.06. The van der Waals surface area contributed by atoms with Crippen molar-refractivity contribution in [2.75, 3.05) is 16.8 Å². The van der Waals surface area contributed by atoms with E-state index in [1.165, 1.54) is 23.9 Å². The third-order valence-electron chi connectivity index (χ3n) is 10.2. The predicted octanol–water partition coefficient (Wildman–Crippen LogP) is 7.11. The van der Waals surface area contributed by atoms with Crippen molar-refractivity contribution in [2.24, 2.45) is 29.6 Å². The zero-order valence-corrected chi connectivity index (χ0v) is 28.0. The van der Waals surface area contributed by atoms with Crippen LogP contribution in [0.2, 0.25) is 5.02 Å². The maximum absolute atomic E-state index is 14.1. The van der Waals surface area contributed by atoms with Crippen LogP contribution in [0.4, 0.5) is 24.5 Å². The molecular formula is C35H27ClF3N3O5S2. The Morgan fingerprint density at radius 1 is 1.02 bits per heavy atom. The summed E-state index contributed by atoms with van der Waals surface area (Å²) in [6, 6.07) is 16.7. The highest BCUT2D eigenvalue weighted by Gasteiger charge is 2.70. The number of carbonyl (C=O) groups is 3. The Balaban J connectivity index is 1.13. The van der Waals surface area contributed by atoms with E-state index in [-0.39, 0.29) is 46.1 Å². The number of nitrogens with one attached hydrogen (secondary N) is 2. The summed E-state index contributed by atoms with van der Waals surface area (Å²) in [6.45, 7) is 1.64. The van der Waals surface area contributed by atoms with Crippen LogP contribution in [0.25, 0.3) is 0 Å². The van der Waals surface area contributed by atoms with Gasteiger partial charge in [-0.25, -0.2) is 0 Å². The number of thioether (sulfide) groups is 1. The van der Waals surface area contributed by atoms with Gasteiger partial charge in [-0.05, 0) is 79.6 Å². The van der Waals surface area contributed by atoms with Gasteiger partial charge in [0.05, 0.1) is 28.1 Å². The molecule has 8 nitrogen and oxygen atoms in total. The maximum atomic E-state index is 14.1. The van der Waals surface area contributed by atoms with Gasteiger partial charge in [0.15, 0.2) is 6.61 Å². The van der Waals surface area contributed by atoms with Crippen LogP contribution in [0.1, 0.15) is 33.9 Å². The van der Waals surface area contributed by atoms with Gasteiger partial charge in [0.2, 0.25) is 11.8 Å². The number of aryl methyl sites for hydroxylation is 1. The zero-order chi connectivity index (χ0) is 34.4. The van der Waals surface area contributed by atoms with Crippen LogP contribution < -0.4 is 19.8 Å². The van der Waals surface area contributed by atoms with Gasteiger partial charge in [-0.15, -0.1) is 11.8 Å². The average Bonchev–Trinajstić information content (AvgIpc) is 3.80. The molecule has 3 fully saturated rings. The fraction of sp³-hybridized carbons (Fsp3) is 0.314. The molecule has 0 unspecified atom stereocenters. The van der Waals surface area contributed by atoms with Gasteiger partial charge < -0.3 is 15.0 Å². The molecule has 0 spiro atoms. The van der Waals surface area contributed by atoms with Crippen LogP contribution in [-0.4, -0.2) is 34.6 Å². The third kappa shape index (κ3) is 5.37. The van der Waals surface area contributed by atoms with Crippen LogP contribution in [0, 0.1) is 36.5 Å². The lowest BCUT2D eigenvalue weighted by atomic mass is 9.68. The fourth-order valence-corrected chi connectivity index (χ4v) is 11.4. The van der Waals surface area contributed by atoms with Gasteiger partial charge in [-0.3, -0.25) is 24.1 Å². The molecule has 1 aromatic heterocycles. The van der Waals surface area contributed by atoms with Gasteiger partial charge in [0.1, 0.15) is 5.75 Å². The zero-order valence-electron chi connectivity index (χ0n) is 25.6. The lowest BCUT2D eigenvalue weighted by Crippen LogP contribution is -2.42. The number of nitrogens with zero attached hydrogens (tertiary/aromatic N) is 1. The molecule has 3 heterocycles. The number of hydrogen-bond donors (Lipinski definition) is 2. The molecule has 49 heavy (non-hydrogen) atoms. The fourth-order valence-electron chi connectivity index (χ4n) is 8.31. The van der Waals surface area contributed by atoms with Gasteiger partial charge in [-0.1, -0.05) is 46.7 Å². The Labute approximate surface area is 291 Å². The number of ether oxygens (including phenoxy) is 1. The predicted molar refractivity (Wildman–Crippen MR) is 179 cm³/mol.